The lowest BCUT2D eigenvalue weighted by Gasteiger charge is -2.20. The highest BCUT2D eigenvalue weighted by molar-refractivity contribution is 5.75. The SMILES string of the molecule is COCCN(CCC(=O)N(C)C)CC(=O)O. The van der Waals surface area contributed by atoms with Crippen LogP contribution in [0, 0.1) is 0 Å². The summed E-state index contributed by atoms with van der Waals surface area (Å²) in [5.41, 5.74) is 0. The van der Waals surface area contributed by atoms with Gasteiger partial charge in [0.05, 0.1) is 13.2 Å². The molecule has 0 fully saturated rings. The molecule has 16 heavy (non-hydrogen) atoms. The van der Waals surface area contributed by atoms with E-state index < -0.39 is 5.97 Å². The molecular weight excluding hydrogens is 212 g/mol. The van der Waals surface area contributed by atoms with E-state index in [0.717, 1.165) is 0 Å². The number of carbonyl (C=O) groups excluding carboxylic acids is 1. The summed E-state index contributed by atoms with van der Waals surface area (Å²) in [7, 11) is 4.92. The molecule has 0 aromatic carbocycles. The van der Waals surface area contributed by atoms with E-state index in [0.29, 0.717) is 26.1 Å². The molecule has 0 unspecified atom stereocenters. The van der Waals surface area contributed by atoms with Crippen molar-refractivity contribution in [2.24, 2.45) is 0 Å². The van der Waals surface area contributed by atoms with Crippen LogP contribution in [-0.4, -0.2) is 74.2 Å². The maximum Gasteiger partial charge on any atom is 0.317 e. The van der Waals surface area contributed by atoms with Crippen LogP contribution in [-0.2, 0) is 14.3 Å². The summed E-state index contributed by atoms with van der Waals surface area (Å²) < 4.78 is 4.88. The highest BCUT2D eigenvalue weighted by Crippen LogP contribution is 1.95. The zero-order valence-corrected chi connectivity index (χ0v) is 10.1. The molecule has 0 aliphatic carbocycles. The van der Waals surface area contributed by atoms with Gasteiger partial charge in [0, 0.05) is 40.7 Å². The summed E-state index contributed by atoms with van der Waals surface area (Å²) in [6.07, 6.45) is 0.323. The van der Waals surface area contributed by atoms with Gasteiger partial charge >= 0.3 is 5.97 Å². The number of ether oxygens (including phenoxy) is 1. The van der Waals surface area contributed by atoms with Crippen molar-refractivity contribution in [3.05, 3.63) is 0 Å². The molecule has 0 spiro atoms. The number of carboxylic acid groups (broad SMARTS) is 1. The Hall–Kier alpha value is -1.14. The maximum atomic E-state index is 11.3. The number of nitrogens with zero attached hydrogens (tertiary/aromatic N) is 2. The Bertz CT molecular complexity index is 231. The minimum Gasteiger partial charge on any atom is -0.480 e. The molecule has 1 N–H and O–H groups in total. The molecule has 0 atom stereocenters. The predicted molar refractivity (Wildman–Crippen MR) is 59.3 cm³/mol. The summed E-state index contributed by atoms with van der Waals surface area (Å²) in [5.74, 6) is -0.902. The van der Waals surface area contributed by atoms with Gasteiger partial charge in [0.2, 0.25) is 5.91 Å². The van der Waals surface area contributed by atoms with Crippen molar-refractivity contribution in [2.45, 2.75) is 6.42 Å². The number of hydrogen-bond acceptors (Lipinski definition) is 4. The van der Waals surface area contributed by atoms with E-state index in [2.05, 4.69) is 0 Å². The normalized spacial score (nSPS) is 10.5. The topological polar surface area (TPSA) is 70.1 Å². The molecule has 94 valence electrons. The van der Waals surface area contributed by atoms with Crippen molar-refractivity contribution >= 4 is 11.9 Å². The first kappa shape index (κ1) is 14.9. The highest BCUT2D eigenvalue weighted by atomic mass is 16.5. The molecule has 0 aromatic rings. The maximum absolute atomic E-state index is 11.3. The van der Waals surface area contributed by atoms with E-state index in [1.54, 1.807) is 26.1 Å². The van der Waals surface area contributed by atoms with Crippen LogP contribution >= 0.6 is 0 Å². The third kappa shape index (κ3) is 7.19. The lowest BCUT2D eigenvalue weighted by molar-refractivity contribution is -0.139. The number of hydrogen-bond donors (Lipinski definition) is 1. The molecule has 6 heteroatoms. The van der Waals surface area contributed by atoms with Crippen LogP contribution in [0.5, 0.6) is 0 Å². The van der Waals surface area contributed by atoms with Gasteiger partial charge < -0.3 is 14.7 Å². The third-order valence-corrected chi connectivity index (χ3v) is 2.11. The smallest absolute Gasteiger partial charge is 0.317 e. The van der Waals surface area contributed by atoms with Gasteiger partial charge in [-0.05, 0) is 0 Å². The Morgan fingerprint density at radius 1 is 1.25 bits per heavy atom. The van der Waals surface area contributed by atoms with Gasteiger partial charge in [-0.1, -0.05) is 0 Å². The van der Waals surface area contributed by atoms with Crippen LogP contribution < -0.4 is 0 Å². The monoisotopic (exact) mass is 232 g/mol. The Morgan fingerprint density at radius 3 is 2.31 bits per heavy atom. The van der Waals surface area contributed by atoms with Gasteiger partial charge in [-0.25, -0.2) is 0 Å². The zero-order valence-electron chi connectivity index (χ0n) is 10.1. The molecule has 0 saturated carbocycles. The summed E-state index contributed by atoms with van der Waals surface area (Å²) in [5, 5.41) is 8.68. The van der Waals surface area contributed by atoms with Crippen molar-refractivity contribution in [3.63, 3.8) is 0 Å². The Morgan fingerprint density at radius 2 is 1.88 bits per heavy atom. The van der Waals surface area contributed by atoms with Gasteiger partial charge in [-0.2, -0.15) is 0 Å². The minimum atomic E-state index is -0.895. The standard InChI is InChI=1S/C10H20N2O4/c1-11(2)9(13)4-5-12(6-7-16-3)8-10(14)15/h4-8H2,1-3H3,(H,14,15). The first-order valence-corrected chi connectivity index (χ1v) is 5.10. The molecule has 0 radical (unpaired) electrons. The number of rotatable bonds is 8. The predicted octanol–water partition coefficient (Wildman–Crippen LogP) is -0.502. The van der Waals surface area contributed by atoms with E-state index >= 15 is 0 Å². The van der Waals surface area contributed by atoms with Crippen molar-refractivity contribution in [2.75, 3.05) is 47.4 Å². The fourth-order valence-electron chi connectivity index (χ4n) is 1.16. The molecular formula is C10H20N2O4. The Labute approximate surface area is 95.8 Å². The molecule has 0 aliphatic rings. The van der Waals surface area contributed by atoms with Crippen molar-refractivity contribution in [1.82, 2.24) is 9.80 Å². The number of carboxylic acids is 1. The van der Waals surface area contributed by atoms with E-state index in [1.165, 1.54) is 4.90 Å². The number of aliphatic carboxylic acids is 1. The fraction of sp³-hybridized carbons (Fsp3) is 0.800. The van der Waals surface area contributed by atoms with E-state index in [9.17, 15) is 9.59 Å². The third-order valence-electron chi connectivity index (χ3n) is 2.11. The van der Waals surface area contributed by atoms with Crippen LogP contribution in [0.25, 0.3) is 0 Å². The van der Waals surface area contributed by atoms with Crippen molar-refractivity contribution in [1.29, 1.82) is 0 Å². The van der Waals surface area contributed by atoms with Crippen LogP contribution in [0.4, 0.5) is 0 Å². The quantitative estimate of drug-likeness (QED) is 0.611. The number of amides is 1. The summed E-state index contributed by atoms with van der Waals surface area (Å²) in [6.45, 7) is 1.35. The van der Waals surface area contributed by atoms with E-state index in [4.69, 9.17) is 9.84 Å². The first-order valence-electron chi connectivity index (χ1n) is 5.10. The summed E-state index contributed by atoms with van der Waals surface area (Å²) in [4.78, 5) is 25.1. The number of carbonyl (C=O) groups is 2. The van der Waals surface area contributed by atoms with E-state index in [1.807, 2.05) is 0 Å². The first-order chi connectivity index (χ1) is 7.47. The second-order valence-electron chi connectivity index (χ2n) is 3.70. The largest absolute Gasteiger partial charge is 0.480 e. The zero-order chi connectivity index (χ0) is 12.6. The average molecular weight is 232 g/mol. The Kier molecular flexibility index (Phi) is 7.49. The number of methoxy groups -OCH3 is 1. The molecule has 1 amide bonds. The second kappa shape index (κ2) is 8.06. The summed E-state index contributed by atoms with van der Waals surface area (Å²) in [6, 6.07) is 0. The van der Waals surface area contributed by atoms with Gasteiger partial charge in [-0.3, -0.25) is 14.5 Å². The van der Waals surface area contributed by atoms with Gasteiger partial charge in [0.15, 0.2) is 0 Å². The molecule has 0 aliphatic heterocycles. The molecule has 0 saturated heterocycles. The molecule has 0 aromatic heterocycles. The lowest BCUT2D eigenvalue weighted by Crippen LogP contribution is -2.36. The van der Waals surface area contributed by atoms with Gasteiger partial charge in [-0.15, -0.1) is 0 Å². The second-order valence-corrected chi connectivity index (χ2v) is 3.70. The Balaban J connectivity index is 3.99. The molecule has 0 bridgehead atoms. The summed E-state index contributed by atoms with van der Waals surface area (Å²) >= 11 is 0. The van der Waals surface area contributed by atoms with Gasteiger partial charge in [0.1, 0.15) is 0 Å². The average Bonchev–Trinajstić information content (AvgIpc) is 2.20. The molecule has 0 heterocycles. The van der Waals surface area contributed by atoms with Gasteiger partial charge in [0.25, 0.3) is 0 Å². The molecule has 0 rings (SSSR count). The van der Waals surface area contributed by atoms with Crippen molar-refractivity contribution in [3.8, 4) is 0 Å². The fourth-order valence-corrected chi connectivity index (χ4v) is 1.16. The van der Waals surface area contributed by atoms with Crippen molar-refractivity contribution < 1.29 is 19.4 Å². The lowest BCUT2D eigenvalue weighted by atomic mass is 10.3. The van der Waals surface area contributed by atoms with E-state index in [-0.39, 0.29) is 12.5 Å². The van der Waals surface area contributed by atoms with Crippen LogP contribution in [0.15, 0.2) is 0 Å². The van der Waals surface area contributed by atoms with Crippen LogP contribution in [0.2, 0.25) is 0 Å². The highest BCUT2D eigenvalue weighted by Gasteiger charge is 2.12. The molecule has 6 nitrogen and oxygen atoms in total. The van der Waals surface area contributed by atoms with Crippen LogP contribution in [0.1, 0.15) is 6.42 Å². The minimum absolute atomic E-state index is 0.00666. The van der Waals surface area contributed by atoms with Crippen LogP contribution in [0.3, 0.4) is 0 Å².